The summed E-state index contributed by atoms with van der Waals surface area (Å²) in [5.41, 5.74) is 3.69. The lowest BCUT2D eigenvalue weighted by Crippen LogP contribution is -2.41. The lowest BCUT2D eigenvalue weighted by molar-refractivity contribution is -0.0620. The van der Waals surface area contributed by atoms with Crippen molar-refractivity contribution < 1.29 is 32.0 Å². The highest BCUT2D eigenvalue weighted by atomic mass is 35.5. The van der Waals surface area contributed by atoms with Crippen LogP contribution in [0.15, 0.2) is 42.0 Å². The van der Waals surface area contributed by atoms with Gasteiger partial charge in [0.25, 0.3) is 11.8 Å². The number of hydrogen-bond acceptors (Lipinski definition) is 6. The molecule has 5 unspecified atom stereocenters. The number of nitrogens with zero attached hydrogens (tertiary/aromatic N) is 2. The third-order valence-corrected chi connectivity index (χ3v) is 13.0. The van der Waals surface area contributed by atoms with Gasteiger partial charge in [0.15, 0.2) is 0 Å². The number of halogens is 4. The van der Waals surface area contributed by atoms with Gasteiger partial charge in [0, 0.05) is 63.0 Å². The maximum absolute atomic E-state index is 15.4. The number of carbonyl (C=O) groups excluding carboxylic acids is 1. The fraction of sp³-hybridized carbons (Fsp3) is 0.625. The van der Waals surface area contributed by atoms with E-state index in [9.17, 15) is 18.1 Å². The normalized spacial score (nSPS) is 28.7. The molecule has 12 heteroatoms. The van der Waals surface area contributed by atoms with E-state index in [0.29, 0.717) is 75.7 Å². The van der Waals surface area contributed by atoms with Gasteiger partial charge in [-0.3, -0.25) is 4.79 Å². The molecule has 0 spiro atoms. The molecule has 1 amide bonds. The Morgan fingerprint density at radius 3 is 2.60 bits per heavy atom. The Labute approximate surface area is 315 Å². The fourth-order valence-electron chi connectivity index (χ4n) is 7.61. The van der Waals surface area contributed by atoms with Crippen LogP contribution >= 0.6 is 11.6 Å². The number of amides is 1. The average Bonchev–Trinajstić information content (AvgIpc) is 3.30. The minimum atomic E-state index is -2.59. The average molecular weight is 766 g/mol. The van der Waals surface area contributed by atoms with Crippen molar-refractivity contribution in [3.05, 3.63) is 69.5 Å². The van der Waals surface area contributed by atoms with E-state index in [0.717, 1.165) is 36.1 Å². The highest BCUT2D eigenvalue weighted by Gasteiger charge is 2.35. The monoisotopic (exact) mass is 765 g/mol. The van der Waals surface area contributed by atoms with Crippen LogP contribution in [0.25, 0.3) is 0 Å². The number of allylic oxidation sites excluding steroid dienone is 1. The summed E-state index contributed by atoms with van der Waals surface area (Å²) in [6, 6.07) is 8.81. The Morgan fingerprint density at radius 1 is 1.13 bits per heavy atom. The van der Waals surface area contributed by atoms with E-state index < -0.39 is 29.0 Å². The molecule has 2 bridgehead atoms. The van der Waals surface area contributed by atoms with E-state index in [-0.39, 0.29) is 47.0 Å². The summed E-state index contributed by atoms with van der Waals surface area (Å²) in [5.74, 6) is -2.81. The first-order chi connectivity index (χ1) is 24.8. The number of rotatable bonds is 8. The lowest BCUT2D eigenvalue weighted by Gasteiger charge is -2.34. The number of anilines is 1. The smallest absolute Gasteiger partial charge is 0.292 e. The number of hydrogen-bond donors (Lipinski definition) is 1. The zero-order valence-electron chi connectivity index (χ0n) is 31.2. The molecule has 1 N–H and O–H groups in total. The molecule has 52 heavy (non-hydrogen) atoms. The van der Waals surface area contributed by atoms with Crippen molar-refractivity contribution in [3.63, 3.8) is 0 Å². The molecular weight excluding hydrogens is 711 g/mol. The second-order valence-corrected chi connectivity index (χ2v) is 16.8. The lowest BCUT2D eigenvalue weighted by atomic mass is 9.88. The van der Waals surface area contributed by atoms with Gasteiger partial charge in [-0.2, -0.15) is 4.72 Å². The SMILES string of the molecule is CCCc1c(C2COc3ccc4cc3N(CCC(CC)C(OCCN3CCC(F)(F)CC3)/C(C)=C/C[C@H](C)C(C)[S+]([O-])NC4=O)C2)ccc(Cl)c1F. The molecular formula is C40H55ClF3N3O4S. The molecule has 6 atom stereocenters. The first-order valence-corrected chi connectivity index (χ1v) is 20.5. The number of piperidine rings is 1. The van der Waals surface area contributed by atoms with Crippen molar-refractivity contribution in [2.24, 2.45) is 11.8 Å². The van der Waals surface area contributed by atoms with E-state index >= 15 is 4.39 Å². The Hall–Kier alpha value is -2.44. The maximum Gasteiger partial charge on any atom is 0.292 e. The number of nitrogens with one attached hydrogen (secondary N) is 1. The van der Waals surface area contributed by atoms with Crippen LogP contribution < -0.4 is 14.4 Å². The van der Waals surface area contributed by atoms with Gasteiger partial charge >= 0.3 is 0 Å². The summed E-state index contributed by atoms with van der Waals surface area (Å²) < 4.78 is 72.3. The summed E-state index contributed by atoms with van der Waals surface area (Å²) in [6.45, 7) is 13.3. The molecule has 1 fully saturated rings. The molecule has 1 saturated heterocycles. The minimum absolute atomic E-state index is 0.0166. The first kappa shape index (κ1) is 40.7. The van der Waals surface area contributed by atoms with Crippen LogP contribution in [0, 0.1) is 17.7 Å². The molecule has 2 aromatic rings. The minimum Gasteiger partial charge on any atom is -0.593 e. The van der Waals surface area contributed by atoms with Crippen LogP contribution in [0.3, 0.4) is 0 Å². The van der Waals surface area contributed by atoms with Crippen LogP contribution in [0.5, 0.6) is 5.75 Å². The number of fused-ring (bicyclic) bond motifs is 1. The van der Waals surface area contributed by atoms with Gasteiger partial charge < -0.3 is 23.8 Å². The first-order valence-electron chi connectivity index (χ1n) is 18.9. The fourth-order valence-corrected chi connectivity index (χ4v) is 8.80. The van der Waals surface area contributed by atoms with Gasteiger partial charge in [0.05, 0.1) is 41.4 Å². The van der Waals surface area contributed by atoms with E-state index in [1.165, 1.54) is 0 Å². The zero-order chi connectivity index (χ0) is 37.6. The molecule has 5 rings (SSSR count). The summed E-state index contributed by atoms with van der Waals surface area (Å²) in [6.07, 6.45) is 5.28. The van der Waals surface area contributed by atoms with Crippen molar-refractivity contribution in [2.45, 2.75) is 103 Å². The molecule has 288 valence electrons. The highest BCUT2D eigenvalue weighted by molar-refractivity contribution is 7.90. The Morgan fingerprint density at radius 2 is 1.88 bits per heavy atom. The Balaban J connectivity index is 1.47. The van der Waals surface area contributed by atoms with Crippen LogP contribution in [0.4, 0.5) is 18.9 Å². The summed E-state index contributed by atoms with van der Waals surface area (Å²) in [5, 5.41) is -0.205. The molecule has 0 radical (unpaired) electrons. The predicted octanol–water partition coefficient (Wildman–Crippen LogP) is 8.71. The third-order valence-electron chi connectivity index (χ3n) is 11.2. The molecule has 7 nitrogen and oxygen atoms in total. The van der Waals surface area contributed by atoms with Gasteiger partial charge in [-0.05, 0) is 80.0 Å². The van der Waals surface area contributed by atoms with Gasteiger partial charge in [0.1, 0.15) is 16.8 Å². The molecule has 0 aliphatic carbocycles. The van der Waals surface area contributed by atoms with Gasteiger partial charge in [0.2, 0.25) is 0 Å². The largest absolute Gasteiger partial charge is 0.593 e. The molecule has 0 saturated carbocycles. The van der Waals surface area contributed by atoms with E-state index in [4.69, 9.17) is 21.1 Å². The van der Waals surface area contributed by atoms with Gasteiger partial charge in [-0.15, -0.1) is 0 Å². The van der Waals surface area contributed by atoms with Crippen LogP contribution in [-0.2, 0) is 22.5 Å². The second-order valence-electron chi connectivity index (χ2n) is 14.9. The zero-order valence-corrected chi connectivity index (χ0v) is 32.8. The van der Waals surface area contributed by atoms with E-state index in [2.05, 4.69) is 34.4 Å². The van der Waals surface area contributed by atoms with Crippen molar-refractivity contribution in [1.82, 2.24) is 9.62 Å². The topological polar surface area (TPSA) is 77.1 Å². The highest BCUT2D eigenvalue weighted by Crippen LogP contribution is 2.39. The molecule has 3 aliphatic rings. The van der Waals surface area contributed by atoms with Crippen LogP contribution in [-0.4, -0.2) is 78.6 Å². The van der Waals surface area contributed by atoms with Crippen molar-refractivity contribution in [2.75, 3.05) is 50.8 Å². The van der Waals surface area contributed by atoms with Crippen molar-refractivity contribution in [1.29, 1.82) is 0 Å². The summed E-state index contributed by atoms with van der Waals surface area (Å²) in [7, 11) is 0. The van der Waals surface area contributed by atoms with Gasteiger partial charge in [-0.25, -0.2) is 13.2 Å². The second kappa shape index (κ2) is 18.3. The number of ether oxygens (including phenoxy) is 2. The quantitative estimate of drug-likeness (QED) is 0.214. The number of alkyl halides is 2. The number of carbonyl (C=O) groups is 1. The standard InChI is InChI=1S/C40H55ClF3N3O4S/c1-6-8-33-32(12-13-34(41)37(33)42)31-24-47-18-15-29(7-2)38(50-22-21-46-19-16-40(43,44)17-20-46)27(4)10-9-26(3)28(5)52(49)45-39(48)30-11-14-36(51-25-31)35(47)23-30/h10-14,23,26,28-29,31,38H,6-9,15-22,24-25H2,1-5H3,(H,45,48)/b27-10+/t26-,28?,29?,31?,38?,52?/m0/s1. The molecule has 3 aliphatic heterocycles. The predicted molar refractivity (Wildman–Crippen MR) is 204 cm³/mol. The molecule has 3 heterocycles. The third kappa shape index (κ3) is 10.00. The molecule has 2 aromatic carbocycles. The van der Waals surface area contributed by atoms with E-state index in [1.54, 1.807) is 18.2 Å². The Kier molecular flexibility index (Phi) is 14.3. The van der Waals surface area contributed by atoms with Gasteiger partial charge in [-0.1, -0.05) is 57.4 Å². The van der Waals surface area contributed by atoms with Crippen LogP contribution in [0.1, 0.15) is 101 Å². The van der Waals surface area contributed by atoms with Crippen molar-refractivity contribution in [3.8, 4) is 5.75 Å². The molecule has 0 aromatic heterocycles. The number of benzene rings is 2. The Bertz CT molecular complexity index is 1550. The summed E-state index contributed by atoms with van der Waals surface area (Å²) >= 11 is 4.62. The van der Waals surface area contributed by atoms with E-state index in [1.807, 2.05) is 32.9 Å². The van der Waals surface area contributed by atoms with Crippen molar-refractivity contribution >= 4 is 34.6 Å². The number of likely N-dealkylation sites (tertiary alicyclic amines) is 1. The maximum atomic E-state index is 15.4. The summed E-state index contributed by atoms with van der Waals surface area (Å²) in [4.78, 5) is 17.8. The van der Waals surface area contributed by atoms with Crippen LogP contribution in [0.2, 0.25) is 5.02 Å².